The molecule has 2 N–H and O–H groups in total. The molecule has 1 aromatic carbocycles. The highest BCUT2D eigenvalue weighted by Gasteiger charge is 2.38. The van der Waals surface area contributed by atoms with Gasteiger partial charge in [0, 0.05) is 12.2 Å². The molecule has 2 aliphatic rings. The Hall–Kier alpha value is -1.26. The van der Waals surface area contributed by atoms with Crippen molar-refractivity contribution < 1.29 is 9.53 Å². The summed E-state index contributed by atoms with van der Waals surface area (Å²) in [7, 11) is 0. The SMILES string of the molecule is Nc1ccc(Cl)c(C(=O)N2CCOC3CCCC32)c1. The van der Waals surface area contributed by atoms with Crippen molar-refractivity contribution in [1.82, 2.24) is 4.90 Å². The normalized spacial score (nSPS) is 26.3. The van der Waals surface area contributed by atoms with Gasteiger partial charge in [-0.3, -0.25) is 4.79 Å². The number of hydrogen-bond donors (Lipinski definition) is 1. The fraction of sp³-hybridized carbons (Fsp3) is 0.500. The lowest BCUT2D eigenvalue weighted by molar-refractivity contribution is -0.0445. The number of amides is 1. The Morgan fingerprint density at radius 2 is 2.26 bits per heavy atom. The maximum absolute atomic E-state index is 12.6. The van der Waals surface area contributed by atoms with Crippen molar-refractivity contribution in [3.63, 3.8) is 0 Å². The van der Waals surface area contributed by atoms with Crippen LogP contribution in [-0.4, -0.2) is 36.1 Å². The van der Waals surface area contributed by atoms with Crippen LogP contribution >= 0.6 is 11.6 Å². The van der Waals surface area contributed by atoms with E-state index in [2.05, 4.69) is 0 Å². The molecule has 0 bridgehead atoms. The van der Waals surface area contributed by atoms with Gasteiger partial charge >= 0.3 is 0 Å². The van der Waals surface area contributed by atoms with E-state index in [0.717, 1.165) is 19.3 Å². The van der Waals surface area contributed by atoms with E-state index in [9.17, 15) is 4.79 Å². The molecule has 4 nitrogen and oxygen atoms in total. The van der Waals surface area contributed by atoms with E-state index in [0.29, 0.717) is 29.4 Å². The molecule has 1 aliphatic carbocycles. The minimum Gasteiger partial charge on any atom is -0.399 e. The summed E-state index contributed by atoms with van der Waals surface area (Å²) in [6.45, 7) is 1.23. The number of nitrogens with zero attached hydrogens (tertiary/aromatic N) is 1. The lowest BCUT2D eigenvalue weighted by atomic mass is 10.1. The van der Waals surface area contributed by atoms with Gasteiger partial charge in [0.15, 0.2) is 0 Å². The molecule has 1 saturated heterocycles. The van der Waals surface area contributed by atoms with Crippen LogP contribution in [0, 0.1) is 0 Å². The smallest absolute Gasteiger partial charge is 0.255 e. The highest BCUT2D eigenvalue weighted by atomic mass is 35.5. The predicted octanol–water partition coefficient (Wildman–Crippen LogP) is 2.32. The van der Waals surface area contributed by atoms with Crippen LogP contribution in [0.5, 0.6) is 0 Å². The molecule has 1 saturated carbocycles. The van der Waals surface area contributed by atoms with Gasteiger partial charge in [0.05, 0.1) is 29.3 Å². The van der Waals surface area contributed by atoms with Gasteiger partial charge in [-0.15, -0.1) is 0 Å². The summed E-state index contributed by atoms with van der Waals surface area (Å²) in [4.78, 5) is 14.6. The van der Waals surface area contributed by atoms with E-state index >= 15 is 0 Å². The van der Waals surface area contributed by atoms with Crippen molar-refractivity contribution in [2.75, 3.05) is 18.9 Å². The van der Waals surface area contributed by atoms with E-state index in [1.807, 2.05) is 4.90 Å². The third-order valence-corrected chi connectivity index (χ3v) is 4.29. The number of anilines is 1. The average molecular weight is 281 g/mol. The molecule has 1 aromatic rings. The zero-order valence-corrected chi connectivity index (χ0v) is 11.4. The summed E-state index contributed by atoms with van der Waals surface area (Å²) in [5.74, 6) is -0.0301. The minimum atomic E-state index is -0.0301. The molecule has 5 heteroatoms. The summed E-state index contributed by atoms with van der Waals surface area (Å²) in [5, 5.41) is 0.459. The van der Waals surface area contributed by atoms with Crippen LogP contribution in [-0.2, 0) is 4.74 Å². The van der Waals surface area contributed by atoms with E-state index in [-0.39, 0.29) is 18.1 Å². The molecule has 0 spiro atoms. The van der Waals surface area contributed by atoms with Crippen molar-refractivity contribution in [3.05, 3.63) is 28.8 Å². The maximum atomic E-state index is 12.6. The van der Waals surface area contributed by atoms with Crippen LogP contribution in [0.15, 0.2) is 18.2 Å². The number of halogens is 1. The summed E-state index contributed by atoms with van der Waals surface area (Å²) in [6, 6.07) is 5.23. The van der Waals surface area contributed by atoms with Gasteiger partial charge in [0.1, 0.15) is 0 Å². The first-order valence-corrected chi connectivity index (χ1v) is 7.02. The number of ether oxygens (including phenoxy) is 1. The standard InChI is InChI=1S/C14H17ClN2O2/c15-11-5-4-9(16)8-10(11)14(18)17-6-7-19-13-3-1-2-12(13)17/h4-5,8,12-13H,1-3,6-7,16H2. The second kappa shape index (κ2) is 5.02. The van der Waals surface area contributed by atoms with Gasteiger partial charge in [-0.25, -0.2) is 0 Å². The van der Waals surface area contributed by atoms with Gasteiger partial charge < -0.3 is 15.4 Å². The molecule has 102 valence electrons. The number of nitrogens with two attached hydrogens (primary N) is 1. The summed E-state index contributed by atoms with van der Waals surface area (Å²) in [6.07, 6.45) is 3.36. The van der Waals surface area contributed by atoms with Crippen LogP contribution in [0.2, 0.25) is 5.02 Å². The first kappa shape index (κ1) is 12.8. The molecule has 2 atom stereocenters. The van der Waals surface area contributed by atoms with Crippen molar-refractivity contribution in [2.45, 2.75) is 31.4 Å². The molecule has 0 aromatic heterocycles. The van der Waals surface area contributed by atoms with Crippen LogP contribution < -0.4 is 5.73 Å². The Morgan fingerprint density at radius 3 is 3.11 bits per heavy atom. The zero-order valence-electron chi connectivity index (χ0n) is 10.6. The molecule has 1 amide bonds. The van der Waals surface area contributed by atoms with Crippen molar-refractivity contribution in [3.8, 4) is 0 Å². The number of morpholine rings is 1. The van der Waals surface area contributed by atoms with E-state index in [1.165, 1.54) is 0 Å². The second-order valence-electron chi connectivity index (χ2n) is 5.15. The molecule has 0 radical (unpaired) electrons. The number of hydrogen-bond acceptors (Lipinski definition) is 3. The van der Waals surface area contributed by atoms with Crippen molar-refractivity contribution in [1.29, 1.82) is 0 Å². The molecule has 19 heavy (non-hydrogen) atoms. The Balaban J connectivity index is 1.88. The number of nitrogen functional groups attached to an aromatic ring is 1. The highest BCUT2D eigenvalue weighted by Crippen LogP contribution is 2.31. The fourth-order valence-corrected chi connectivity index (χ4v) is 3.24. The van der Waals surface area contributed by atoms with Crippen molar-refractivity contribution in [2.24, 2.45) is 0 Å². The van der Waals surface area contributed by atoms with Gasteiger partial charge in [-0.1, -0.05) is 11.6 Å². The first-order valence-electron chi connectivity index (χ1n) is 6.64. The van der Waals surface area contributed by atoms with E-state index in [1.54, 1.807) is 18.2 Å². The Morgan fingerprint density at radius 1 is 1.42 bits per heavy atom. The molecule has 1 aliphatic heterocycles. The monoisotopic (exact) mass is 280 g/mol. The highest BCUT2D eigenvalue weighted by molar-refractivity contribution is 6.34. The van der Waals surface area contributed by atoms with Gasteiger partial charge in [-0.05, 0) is 37.5 Å². The maximum Gasteiger partial charge on any atom is 0.255 e. The lowest BCUT2D eigenvalue weighted by Crippen LogP contribution is -2.51. The average Bonchev–Trinajstić information content (AvgIpc) is 2.89. The van der Waals surface area contributed by atoms with Crippen LogP contribution in [0.25, 0.3) is 0 Å². The zero-order chi connectivity index (χ0) is 13.4. The fourth-order valence-electron chi connectivity index (χ4n) is 3.04. The Kier molecular flexibility index (Phi) is 3.37. The largest absolute Gasteiger partial charge is 0.399 e. The molecule has 2 unspecified atom stereocenters. The summed E-state index contributed by atoms with van der Waals surface area (Å²) >= 11 is 6.12. The first-order chi connectivity index (χ1) is 9.16. The van der Waals surface area contributed by atoms with Crippen LogP contribution in [0.1, 0.15) is 29.6 Å². The quantitative estimate of drug-likeness (QED) is 0.803. The number of carbonyl (C=O) groups is 1. The molecule has 1 heterocycles. The lowest BCUT2D eigenvalue weighted by Gasteiger charge is -2.37. The number of carbonyl (C=O) groups excluding carboxylic acids is 1. The van der Waals surface area contributed by atoms with E-state index in [4.69, 9.17) is 22.1 Å². The molecular weight excluding hydrogens is 264 g/mol. The third kappa shape index (κ3) is 2.30. The van der Waals surface area contributed by atoms with Gasteiger partial charge in [0.25, 0.3) is 5.91 Å². The number of rotatable bonds is 1. The van der Waals surface area contributed by atoms with Crippen molar-refractivity contribution >= 4 is 23.2 Å². The second-order valence-corrected chi connectivity index (χ2v) is 5.55. The number of benzene rings is 1. The van der Waals surface area contributed by atoms with Crippen LogP contribution in [0.3, 0.4) is 0 Å². The van der Waals surface area contributed by atoms with E-state index < -0.39 is 0 Å². The predicted molar refractivity (Wildman–Crippen MR) is 74.3 cm³/mol. The Labute approximate surface area is 117 Å². The topological polar surface area (TPSA) is 55.6 Å². The van der Waals surface area contributed by atoms with Gasteiger partial charge in [-0.2, -0.15) is 0 Å². The molecule has 2 fully saturated rings. The minimum absolute atomic E-state index is 0.0301. The van der Waals surface area contributed by atoms with Crippen LogP contribution in [0.4, 0.5) is 5.69 Å². The number of fused-ring (bicyclic) bond motifs is 1. The molecule has 3 rings (SSSR count). The third-order valence-electron chi connectivity index (χ3n) is 3.96. The Bertz CT molecular complexity index is 506. The summed E-state index contributed by atoms with van der Waals surface area (Å²) in [5.41, 5.74) is 6.80. The summed E-state index contributed by atoms with van der Waals surface area (Å²) < 4.78 is 5.72. The van der Waals surface area contributed by atoms with Gasteiger partial charge in [0.2, 0.25) is 0 Å². The molecular formula is C14H17ClN2O2.